The van der Waals surface area contributed by atoms with Crippen LogP contribution in [0.15, 0.2) is 24.4 Å². The number of hydrogen-bond donors (Lipinski definition) is 1. The van der Waals surface area contributed by atoms with Gasteiger partial charge in [-0.1, -0.05) is 16.8 Å². The predicted molar refractivity (Wildman–Crippen MR) is 58.3 cm³/mol. The summed E-state index contributed by atoms with van der Waals surface area (Å²) < 4.78 is 38.8. The first kappa shape index (κ1) is 13.3. The van der Waals surface area contributed by atoms with Crippen LogP contribution in [0.25, 0.3) is 5.69 Å². The second-order valence-electron chi connectivity index (χ2n) is 3.50. The molecule has 2 aromatic rings. The van der Waals surface area contributed by atoms with Gasteiger partial charge < -0.3 is 5.11 Å². The van der Waals surface area contributed by atoms with E-state index in [4.69, 9.17) is 16.7 Å². The summed E-state index contributed by atoms with van der Waals surface area (Å²) in [6, 6.07) is 2.95. The largest absolute Gasteiger partial charge is 0.476 e. The first-order chi connectivity index (χ1) is 8.80. The summed E-state index contributed by atoms with van der Waals surface area (Å²) in [6.45, 7) is 0. The molecule has 5 nitrogen and oxygen atoms in total. The van der Waals surface area contributed by atoms with Crippen LogP contribution in [0, 0.1) is 0 Å². The minimum atomic E-state index is -4.64. The average Bonchev–Trinajstić information content (AvgIpc) is 2.77. The van der Waals surface area contributed by atoms with E-state index in [1.165, 1.54) is 6.07 Å². The van der Waals surface area contributed by atoms with Gasteiger partial charge in [0.25, 0.3) is 0 Å². The van der Waals surface area contributed by atoms with Crippen molar-refractivity contribution in [2.24, 2.45) is 0 Å². The lowest BCUT2D eigenvalue weighted by Crippen LogP contribution is -2.11. The molecule has 9 heteroatoms. The maximum atomic E-state index is 12.7. The number of carboxylic acids is 1. The van der Waals surface area contributed by atoms with Gasteiger partial charge in [-0.25, -0.2) is 9.48 Å². The third-order valence-corrected chi connectivity index (χ3v) is 2.60. The van der Waals surface area contributed by atoms with Gasteiger partial charge in [0.1, 0.15) is 0 Å². The summed E-state index contributed by atoms with van der Waals surface area (Å²) in [5.74, 6) is -1.35. The summed E-state index contributed by atoms with van der Waals surface area (Å²) in [5, 5.41) is 15.2. The molecule has 0 saturated carbocycles. The highest BCUT2D eigenvalue weighted by Gasteiger charge is 2.33. The molecule has 1 N–H and O–H groups in total. The van der Waals surface area contributed by atoms with E-state index in [1.54, 1.807) is 0 Å². The van der Waals surface area contributed by atoms with Gasteiger partial charge in [0, 0.05) is 0 Å². The molecule has 0 aliphatic heterocycles. The van der Waals surface area contributed by atoms with E-state index in [0.29, 0.717) is 6.07 Å². The molecule has 1 aromatic carbocycles. The fourth-order valence-corrected chi connectivity index (χ4v) is 1.66. The molecule has 0 bridgehead atoms. The van der Waals surface area contributed by atoms with Crippen molar-refractivity contribution < 1.29 is 23.1 Å². The SMILES string of the molecule is O=C(O)c1cnnn1-c1ccc(Cl)c(C(F)(F)F)c1. The fraction of sp³-hybridized carbons (Fsp3) is 0.100. The maximum absolute atomic E-state index is 12.7. The van der Waals surface area contributed by atoms with E-state index in [1.807, 2.05) is 0 Å². The molecule has 0 aliphatic rings. The number of hydrogen-bond acceptors (Lipinski definition) is 3. The van der Waals surface area contributed by atoms with Crippen molar-refractivity contribution in [1.82, 2.24) is 15.0 Å². The molecule has 1 heterocycles. The summed E-state index contributed by atoms with van der Waals surface area (Å²) in [6.07, 6.45) is -3.71. The zero-order valence-electron chi connectivity index (χ0n) is 9.02. The smallest absolute Gasteiger partial charge is 0.417 e. The molecule has 0 unspecified atom stereocenters. The van der Waals surface area contributed by atoms with E-state index >= 15 is 0 Å². The second kappa shape index (κ2) is 4.54. The van der Waals surface area contributed by atoms with Gasteiger partial charge in [0.05, 0.1) is 22.5 Å². The Bertz CT molecular complexity index is 639. The van der Waals surface area contributed by atoms with Gasteiger partial charge >= 0.3 is 12.1 Å². The standard InChI is InChI=1S/C10H5ClF3N3O2/c11-7-2-1-5(3-6(7)10(12,13)14)17-8(9(18)19)4-15-16-17/h1-4H,(H,18,19). The minimum Gasteiger partial charge on any atom is -0.476 e. The van der Waals surface area contributed by atoms with Crippen molar-refractivity contribution >= 4 is 17.6 Å². The number of aromatic carboxylic acids is 1. The van der Waals surface area contributed by atoms with Crippen LogP contribution < -0.4 is 0 Å². The van der Waals surface area contributed by atoms with E-state index in [-0.39, 0.29) is 11.4 Å². The zero-order valence-corrected chi connectivity index (χ0v) is 9.77. The molecular weight excluding hydrogens is 287 g/mol. The third kappa shape index (κ3) is 2.53. The van der Waals surface area contributed by atoms with Gasteiger partial charge in [0.2, 0.25) is 0 Å². The van der Waals surface area contributed by atoms with Crippen molar-refractivity contribution in [2.75, 3.05) is 0 Å². The summed E-state index contributed by atoms with van der Waals surface area (Å²) >= 11 is 5.46. The van der Waals surface area contributed by atoms with Crippen LogP contribution in [0.5, 0.6) is 0 Å². The normalized spacial score (nSPS) is 11.6. The minimum absolute atomic E-state index is 0.0911. The predicted octanol–water partition coefficient (Wildman–Crippen LogP) is 2.64. The maximum Gasteiger partial charge on any atom is 0.417 e. The number of aromatic nitrogens is 3. The van der Waals surface area contributed by atoms with Crippen molar-refractivity contribution in [2.45, 2.75) is 6.18 Å². The Hall–Kier alpha value is -2.09. The zero-order chi connectivity index (χ0) is 14.2. The molecular formula is C10H5ClF3N3O2. The molecule has 0 aliphatic carbocycles. The van der Waals surface area contributed by atoms with Crippen LogP contribution in [-0.2, 0) is 6.18 Å². The monoisotopic (exact) mass is 291 g/mol. The van der Waals surface area contributed by atoms with Crippen LogP contribution in [-0.4, -0.2) is 26.1 Å². The number of benzene rings is 1. The number of carbonyl (C=O) groups is 1. The van der Waals surface area contributed by atoms with Gasteiger partial charge in [-0.2, -0.15) is 13.2 Å². The summed E-state index contributed by atoms with van der Waals surface area (Å²) in [4.78, 5) is 10.9. The molecule has 0 saturated heterocycles. The quantitative estimate of drug-likeness (QED) is 0.923. The number of nitrogens with zero attached hydrogens (tertiary/aromatic N) is 3. The first-order valence-corrected chi connectivity index (χ1v) is 5.19. The topological polar surface area (TPSA) is 68.0 Å². The molecule has 0 amide bonds. The van der Waals surface area contributed by atoms with Crippen LogP contribution in [0.1, 0.15) is 16.1 Å². The number of halogens is 4. The first-order valence-electron chi connectivity index (χ1n) is 4.82. The molecule has 0 radical (unpaired) electrons. The number of rotatable bonds is 2. The number of alkyl halides is 3. The van der Waals surface area contributed by atoms with Crippen molar-refractivity contribution in [3.63, 3.8) is 0 Å². The highest BCUT2D eigenvalue weighted by Crippen LogP contribution is 2.35. The third-order valence-electron chi connectivity index (χ3n) is 2.27. The number of carboxylic acid groups (broad SMARTS) is 1. The Balaban J connectivity index is 2.58. The lowest BCUT2D eigenvalue weighted by atomic mass is 10.2. The van der Waals surface area contributed by atoms with E-state index < -0.39 is 22.7 Å². The van der Waals surface area contributed by atoms with Gasteiger partial charge in [0.15, 0.2) is 5.69 Å². The van der Waals surface area contributed by atoms with Crippen molar-refractivity contribution in [1.29, 1.82) is 0 Å². The molecule has 1 aromatic heterocycles. The lowest BCUT2D eigenvalue weighted by Gasteiger charge is -2.11. The lowest BCUT2D eigenvalue weighted by molar-refractivity contribution is -0.137. The van der Waals surface area contributed by atoms with Gasteiger partial charge in [-0.05, 0) is 18.2 Å². The molecule has 0 fully saturated rings. The fourth-order valence-electron chi connectivity index (χ4n) is 1.43. The Morgan fingerprint density at radius 3 is 2.63 bits per heavy atom. The molecule has 0 spiro atoms. The average molecular weight is 292 g/mol. The van der Waals surface area contributed by atoms with Crippen LogP contribution in [0.2, 0.25) is 5.02 Å². The van der Waals surface area contributed by atoms with Crippen molar-refractivity contribution in [3.8, 4) is 5.69 Å². The Labute approximate surface area is 109 Å². The van der Waals surface area contributed by atoms with Gasteiger partial charge in [-0.15, -0.1) is 5.10 Å². The summed E-state index contributed by atoms with van der Waals surface area (Å²) in [5.41, 5.74) is -1.51. The molecule has 19 heavy (non-hydrogen) atoms. The van der Waals surface area contributed by atoms with Gasteiger partial charge in [-0.3, -0.25) is 0 Å². The van der Waals surface area contributed by atoms with E-state index in [2.05, 4.69) is 10.3 Å². The molecule has 0 atom stereocenters. The highest BCUT2D eigenvalue weighted by atomic mass is 35.5. The Morgan fingerprint density at radius 2 is 2.05 bits per heavy atom. The Kier molecular flexibility index (Phi) is 3.19. The molecule has 100 valence electrons. The van der Waals surface area contributed by atoms with Crippen LogP contribution >= 0.6 is 11.6 Å². The molecule has 2 rings (SSSR count). The van der Waals surface area contributed by atoms with Crippen LogP contribution in [0.3, 0.4) is 0 Å². The van der Waals surface area contributed by atoms with Crippen molar-refractivity contribution in [3.05, 3.63) is 40.7 Å². The highest BCUT2D eigenvalue weighted by molar-refractivity contribution is 6.31. The Morgan fingerprint density at radius 1 is 1.37 bits per heavy atom. The second-order valence-corrected chi connectivity index (χ2v) is 3.91. The van der Waals surface area contributed by atoms with E-state index in [9.17, 15) is 18.0 Å². The van der Waals surface area contributed by atoms with E-state index in [0.717, 1.165) is 16.9 Å². The van der Waals surface area contributed by atoms with Crippen LogP contribution in [0.4, 0.5) is 13.2 Å². The summed E-state index contributed by atoms with van der Waals surface area (Å²) in [7, 11) is 0.